The summed E-state index contributed by atoms with van der Waals surface area (Å²) >= 11 is 0. The van der Waals surface area contributed by atoms with Crippen molar-refractivity contribution in [1.29, 1.82) is 0 Å². The third-order valence-electron chi connectivity index (χ3n) is 4.57. The molecule has 1 amide bonds. The Kier molecular flexibility index (Phi) is 5.96. The fourth-order valence-electron chi connectivity index (χ4n) is 3.19. The van der Waals surface area contributed by atoms with Gasteiger partial charge in [0.05, 0.1) is 0 Å². The molecule has 0 radical (unpaired) electrons. The molecular formula is C20H25N3O. The van der Waals surface area contributed by atoms with Crippen LogP contribution in [0.1, 0.15) is 30.4 Å². The van der Waals surface area contributed by atoms with Crippen molar-refractivity contribution in [3.05, 3.63) is 66.0 Å². The summed E-state index contributed by atoms with van der Waals surface area (Å²) in [4.78, 5) is 18.7. The van der Waals surface area contributed by atoms with Crippen LogP contribution in [0.25, 0.3) is 0 Å². The van der Waals surface area contributed by atoms with Gasteiger partial charge in [-0.15, -0.1) is 0 Å². The molecule has 1 saturated heterocycles. The van der Waals surface area contributed by atoms with Gasteiger partial charge in [0.25, 0.3) is 0 Å². The second-order valence-electron chi connectivity index (χ2n) is 6.46. The summed E-state index contributed by atoms with van der Waals surface area (Å²) < 4.78 is 0. The molecule has 1 fully saturated rings. The molecule has 0 bridgehead atoms. The van der Waals surface area contributed by atoms with Crippen LogP contribution < -0.4 is 5.32 Å². The van der Waals surface area contributed by atoms with Gasteiger partial charge in [-0.05, 0) is 36.5 Å². The molecule has 1 aromatic carbocycles. The lowest BCUT2D eigenvalue weighted by atomic mass is 10.0. The van der Waals surface area contributed by atoms with Crippen LogP contribution in [0.5, 0.6) is 0 Å². The molecule has 0 saturated carbocycles. The molecule has 126 valence electrons. The van der Waals surface area contributed by atoms with Crippen molar-refractivity contribution in [3.8, 4) is 0 Å². The van der Waals surface area contributed by atoms with E-state index in [4.69, 9.17) is 0 Å². The third kappa shape index (κ3) is 5.17. The van der Waals surface area contributed by atoms with Gasteiger partial charge >= 0.3 is 0 Å². The van der Waals surface area contributed by atoms with Crippen LogP contribution in [-0.2, 0) is 17.8 Å². The van der Waals surface area contributed by atoms with E-state index in [1.807, 2.05) is 30.5 Å². The average molecular weight is 323 g/mol. The summed E-state index contributed by atoms with van der Waals surface area (Å²) in [6.07, 6.45) is 7.17. The van der Waals surface area contributed by atoms with E-state index in [0.717, 1.165) is 38.9 Å². The van der Waals surface area contributed by atoms with Crippen molar-refractivity contribution in [1.82, 2.24) is 15.2 Å². The molecule has 0 unspecified atom stereocenters. The Bertz CT molecular complexity index is 622. The summed E-state index contributed by atoms with van der Waals surface area (Å²) in [5.41, 5.74) is 2.47. The maximum absolute atomic E-state index is 12.1. The number of hydrogen-bond donors (Lipinski definition) is 1. The zero-order chi connectivity index (χ0) is 16.6. The highest BCUT2D eigenvalue weighted by atomic mass is 16.1. The van der Waals surface area contributed by atoms with Gasteiger partial charge in [-0.1, -0.05) is 36.4 Å². The second-order valence-corrected chi connectivity index (χ2v) is 6.46. The molecule has 4 nitrogen and oxygen atoms in total. The number of carbonyl (C=O) groups excluding carboxylic acids is 1. The number of amides is 1. The summed E-state index contributed by atoms with van der Waals surface area (Å²) in [6.45, 7) is 3.00. The number of benzene rings is 1. The lowest BCUT2D eigenvalue weighted by molar-refractivity contribution is -0.122. The fraction of sp³-hybridized carbons (Fsp3) is 0.400. The quantitative estimate of drug-likeness (QED) is 0.889. The van der Waals surface area contributed by atoms with Gasteiger partial charge in [0, 0.05) is 44.5 Å². The van der Waals surface area contributed by atoms with Crippen molar-refractivity contribution < 1.29 is 4.79 Å². The number of nitrogens with zero attached hydrogens (tertiary/aromatic N) is 2. The van der Waals surface area contributed by atoms with Crippen molar-refractivity contribution in [2.24, 2.45) is 0 Å². The van der Waals surface area contributed by atoms with Gasteiger partial charge < -0.3 is 5.32 Å². The standard InChI is InChI=1S/C20H25N3O/c24-20(9-8-17-5-2-1-3-6-17)22-19-10-13-23(14-11-19)16-18-7-4-12-21-15-18/h1-7,12,15,19H,8-11,13-14,16H2,(H,22,24). The molecule has 3 rings (SSSR count). The van der Waals surface area contributed by atoms with Crippen LogP contribution in [-0.4, -0.2) is 34.9 Å². The average Bonchev–Trinajstić information content (AvgIpc) is 2.63. The molecule has 1 aliphatic heterocycles. The third-order valence-corrected chi connectivity index (χ3v) is 4.57. The fourth-order valence-corrected chi connectivity index (χ4v) is 3.19. The second kappa shape index (κ2) is 8.60. The Hall–Kier alpha value is -2.20. The summed E-state index contributed by atoms with van der Waals surface area (Å²) in [5, 5.41) is 3.20. The van der Waals surface area contributed by atoms with Crippen LogP contribution in [0.3, 0.4) is 0 Å². The number of piperidine rings is 1. The molecule has 24 heavy (non-hydrogen) atoms. The Labute approximate surface area is 143 Å². The van der Waals surface area contributed by atoms with Crippen LogP contribution in [0.4, 0.5) is 0 Å². The number of rotatable bonds is 6. The summed E-state index contributed by atoms with van der Waals surface area (Å²) in [6, 6.07) is 14.6. The molecule has 1 aliphatic rings. The molecule has 0 spiro atoms. The first-order valence-corrected chi connectivity index (χ1v) is 8.74. The van der Waals surface area contributed by atoms with Crippen molar-refractivity contribution >= 4 is 5.91 Å². The van der Waals surface area contributed by atoms with E-state index in [1.54, 1.807) is 6.20 Å². The minimum atomic E-state index is 0.171. The van der Waals surface area contributed by atoms with Crippen LogP contribution >= 0.6 is 0 Å². The van der Waals surface area contributed by atoms with Crippen LogP contribution in [0, 0.1) is 0 Å². The van der Waals surface area contributed by atoms with Gasteiger partial charge in [-0.25, -0.2) is 0 Å². The predicted octanol–water partition coefficient (Wildman–Crippen LogP) is 2.80. The maximum Gasteiger partial charge on any atom is 0.220 e. The van der Waals surface area contributed by atoms with Crippen LogP contribution in [0.2, 0.25) is 0 Å². The largest absolute Gasteiger partial charge is 0.353 e. The first-order chi connectivity index (χ1) is 11.8. The number of nitrogens with one attached hydrogen (secondary N) is 1. The number of aryl methyl sites for hydroxylation is 1. The maximum atomic E-state index is 12.1. The number of carbonyl (C=O) groups is 1. The molecule has 1 aromatic heterocycles. The Morgan fingerprint density at radius 1 is 1.08 bits per heavy atom. The van der Waals surface area contributed by atoms with E-state index < -0.39 is 0 Å². The van der Waals surface area contributed by atoms with E-state index in [-0.39, 0.29) is 5.91 Å². The van der Waals surface area contributed by atoms with Gasteiger partial charge in [0.15, 0.2) is 0 Å². The molecule has 0 aliphatic carbocycles. The zero-order valence-electron chi connectivity index (χ0n) is 14.0. The molecule has 2 heterocycles. The molecule has 4 heteroatoms. The van der Waals surface area contributed by atoms with Gasteiger partial charge in [-0.2, -0.15) is 0 Å². The normalized spacial score (nSPS) is 16.0. The number of aromatic nitrogens is 1. The lowest BCUT2D eigenvalue weighted by Gasteiger charge is -2.32. The number of pyridine rings is 1. The van der Waals surface area contributed by atoms with Crippen molar-refractivity contribution in [2.45, 2.75) is 38.3 Å². The van der Waals surface area contributed by atoms with E-state index in [2.05, 4.69) is 33.4 Å². The topological polar surface area (TPSA) is 45.2 Å². The molecule has 1 N–H and O–H groups in total. The van der Waals surface area contributed by atoms with Gasteiger partial charge in [0.1, 0.15) is 0 Å². The van der Waals surface area contributed by atoms with Gasteiger partial charge in [0.2, 0.25) is 5.91 Å². The smallest absolute Gasteiger partial charge is 0.220 e. The summed E-state index contributed by atoms with van der Waals surface area (Å²) in [5.74, 6) is 0.171. The highest BCUT2D eigenvalue weighted by Gasteiger charge is 2.20. The monoisotopic (exact) mass is 323 g/mol. The molecular weight excluding hydrogens is 298 g/mol. The zero-order valence-corrected chi connectivity index (χ0v) is 14.0. The van der Waals surface area contributed by atoms with Crippen LogP contribution in [0.15, 0.2) is 54.9 Å². The van der Waals surface area contributed by atoms with Gasteiger partial charge in [-0.3, -0.25) is 14.7 Å². The van der Waals surface area contributed by atoms with E-state index in [0.29, 0.717) is 12.5 Å². The van der Waals surface area contributed by atoms with Crippen molar-refractivity contribution in [3.63, 3.8) is 0 Å². The first-order valence-electron chi connectivity index (χ1n) is 8.74. The highest BCUT2D eigenvalue weighted by Crippen LogP contribution is 2.14. The number of likely N-dealkylation sites (tertiary alicyclic amines) is 1. The minimum absolute atomic E-state index is 0.171. The lowest BCUT2D eigenvalue weighted by Crippen LogP contribution is -2.44. The Balaban J connectivity index is 1.36. The Morgan fingerprint density at radius 3 is 2.54 bits per heavy atom. The van der Waals surface area contributed by atoms with Crippen molar-refractivity contribution in [2.75, 3.05) is 13.1 Å². The number of hydrogen-bond acceptors (Lipinski definition) is 3. The Morgan fingerprint density at radius 2 is 1.83 bits per heavy atom. The predicted molar refractivity (Wildman–Crippen MR) is 95.4 cm³/mol. The minimum Gasteiger partial charge on any atom is -0.353 e. The van der Waals surface area contributed by atoms with E-state index in [1.165, 1.54) is 11.1 Å². The van der Waals surface area contributed by atoms with E-state index >= 15 is 0 Å². The summed E-state index contributed by atoms with van der Waals surface area (Å²) in [7, 11) is 0. The first kappa shape index (κ1) is 16.7. The molecule has 2 aromatic rings. The molecule has 0 atom stereocenters. The highest BCUT2D eigenvalue weighted by molar-refractivity contribution is 5.76. The SMILES string of the molecule is O=C(CCc1ccccc1)NC1CCN(Cc2cccnc2)CC1. The van der Waals surface area contributed by atoms with E-state index in [9.17, 15) is 4.79 Å².